The van der Waals surface area contributed by atoms with E-state index >= 15 is 0 Å². The zero-order chi connectivity index (χ0) is 32.2. The number of benzene rings is 7. The molecule has 9 rings (SSSR count). The van der Waals surface area contributed by atoms with Gasteiger partial charge < -0.3 is 8.83 Å². The smallest absolute Gasteiger partial charge is 0.143 e. The Bertz CT molecular complexity index is 2730. The van der Waals surface area contributed by atoms with Gasteiger partial charge in [-0.1, -0.05) is 103 Å². The molecule has 0 spiro atoms. The second-order valence-corrected chi connectivity index (χ2v) is 11.9. The van der Waals surface area contributed by atoms with Gasteiger partial charge in [-0.05, 0) is 70.3 Å². The van der Waals surface area contributed by atoms with E-state index in [9.17, 15) is 10.5 Å². The summed E-state index contributed by atoms with van der Waals surface area (Å²) in [5.74, 6) is 0. The minimum absolute atomic E-state index is 0.587. The van der Waals surface area contributed by atoms with Crippen LogP contribution >= 0.6 is 0 Å². The van der Waals surface area contributed by atoms with Crippen LogP contribution in [0.4, 0.5) is 0 Å². The van der Waals surface area contributed by atoms with Crippen molar-refractivity contribution in [1.82, 2.24) is 0 Å². The Morgan fingerprint density at radius 3 is 1.60 bits per heavy atom. The van der Waals surface area contributed by atoms with Gasteiger partial charge in [0.25, 0.3) is 0 Å². The van der Waals surface area contributed by atoms with Crippen LogP contribution in [-0.2, 0) is 0 Å². The second kappa shape index (κ2) is 10.9. The number of furan rings is 2. The van der Waals surface area contributed by atoms with E-state index in [1.807, 2.05) is 97.1 Å². The van der Waals surface area contributed by atoms with E-state index in [1.165, 1.54) is 0 Å². The highest BCUT2D eigenvalue weighted by Gasteiger charge is 2.21. The number of para-hydroxylation sites is 1. The number of hydrogen-bond donors (Lipinski definition) is 0. The second-order valence-electron chi connectivity index (χ2n) is 11.9. The topological polar surface area (TPSA) is 73.9 Å². The zero-order valence-electron chi connectivity index (χ0n) is 25.6. The summed E-state index contributed by atoms with van der Waals surface area (Å²) in [5.41, 5.74) is 11.9. The van der Waals surface area contributed by atoms with Crippen LogP contribution in [0.5, 0.6) is 0 Å². The van der Waals surface area contributed by atoms with Gasteiger partial charge >= 0.3 is 0 Å². The van der Waals surface area contributed by atoms with E-state index in [2.05, 4.69) is 54.6 Å². The molecule has 0 N–H and O–H groups in total. The molecular weight excluding hydrogens is 588 g/mol. The van der Waals surface area contributed by atoms with Crippen LogP contribution in [0, 0.1) is 22.7 Å². The first-order chi connectivity index (χ1) is 23.7. The van der Waals surface area contributed by atoms with E-state index in [1.54, 1.807) is 6.07 Å². The first-order valence-electron chi connectivity index (χ1n) is 15.7. The molecule has 0 aliphatic heterocycles. The normalized spacial score (nSPS) is 11.3. The monoisotopic (exact) mass is 612 g/mol. The van der Waals surface area contributed by atoms with Gasteiger partial charge in [-0.3, -0.25) is 0 Å². The molecule has 0 amide bonds. The quantitative estimate of drug-likeness (QED) is 0.198. The summed E-state index contributed by atoms with van der Waals surface area (Å²) in [6.07, 6.45) is 0. The number of nitrogens with zero attached hydrogens (tertiary/aromatic N) is 2. The molecule has 9 aromatic rings. The molecule has 0 bridgehead atoms. The standard InChI is InChI=1S/C44H24N2O2/c45-25-27-20-21-39-37(22-27)43-33(16-8-18-40(43)47-39)32-15-9-19-41-42(32)34-17-7-14-31(44(34)48-41)30-23-35(28-10-3-1-4-11-28)38(26-46)36(24-30)29-12-5-2-6-13-29/h1-24H. The molecule has 2 heterocycles. The fraction of sp³-hybridized carbons (Fsp3) is 0. The Labute approximate surface area is 275 Å². The molecule has 0 saturated heterocycles. The van der Waals surface area contributed by atoms with Crippen molar-refractivity contribution in [2.75, 3.05) is 0 Å². The van der Waals surface area contributed by atoms with Crippen LogP contribution in [0.15, 0.2) is 154 Å². The fourth-order valence-electron chi connectivity index (χ4n) is 7.03. The molecule has 4 nitrogen and oxygen atoms in total. The van der Waals surface area contributed by atoms with Crippen LogP contribution < -0.4 is 0 Å². The Morgan fingerprint density at radius 1 is 0.396 bits per heavy atom. The van der Waals surface area contributed by atoms with E-state index in [0.29, 0.717) is 11.1 Å². The minimum atomic E-state index is 0.587. The Kier molecular flexibility index (Phi) is 6.22. The summed E-state index contributed by atoms with van der Waals surface area (Å²) in [5, 5.41) is 24.0. The fourth-order valence-corrected chi connectivity index (χ4v) is 7.03. The molecule has 0 aliphatic carbocycles. The third-order valence-electron chi connectivity index (χ3n) is 9.17. The first-order valence-corrected chi connectivity index (χ1v) is 15.7. The van der Waals surface area contributed by atoms with Crippen LogP contribution in [0.3, 0.4) is 0 Å². The van der Waals surface area contributed by atoms with Gasteiger partial charge in [0.05, 0.1) is 17.2 Å². The molecule has 0 atom stereocenters. The van der Waals surface area contributed by atoms with Crippen molar-refractivity contribution >= 4 is 43.9 Å². The lowest BCUT2D eigenvalue weighted by Crippen LogP contribution is -1.93. The van der Waals surface area contributed by atoms with Gasteiger partial charge in [-0.2, -0.15) is 10.5 Å². The van der Waals surface area contributed by atoms with Crippen LogP contribution in [0.25, 0.3) is 88.4 Å². The average Bonchev–Trinajstić information content (AvgIpc) is 3.73. The van der Waals surface area contributed by atoms with Crippen LogP contribution in [0.2, 0.25) is 0 Å². The number of nitriles is 2. The van der Waals surface area contributed by atoms with Gasteiger partial charge in [0.1, 0.15) is 28.4 Å². The largest absolute Gasteiger partial charge is 0.456 e. The number of rotatable bonds is 4. The first kappa shape index (κ1) is 27.4. The van der Waals surface area contributed by atoms with Gasteiger partial charge in [-0.25, -0.2) is 0 Å². The summed E-state index contributed by atoms with van der Waals surface area (Å²) >= 11 is 0. The van der Waals surface area contributed by atoms with E-state index in [0.717, 1.165) is 88.4 Å². The molecule has 222 valence electrons. The van der Waals surface area contributed by atoms with Crippen molar-refractivity contribution in [2.45, 2.75) is 0 Å². The van der Waals surface area contributed by atoms with E-state index < -0.39 is 0 Å². The Balaban J connectivity index is 1.32. The summed E-state index contributed by atoms with van der Waals surface area (Å²) in [6, 6.07) is 53.2. The van der Waals surface area contributed by atoms with Crippen molar-refractivity contribution < 1.29 is 8.83 Å². The summed E-state index contributed by atoms with van der Waals surface area (Å²) in [4.78, 5) is 0. The maximum Gasteiger partial charge on any atom is 0.143 e. The number of hydrogen-bond acceptors (Lipinski definition) is 4. The molecule has 7 aromatic carbocycles. The van der Waals surface area contributed by atoms with Gasteiger partial charge in [0, 0.05) is 38.2 Å². The lowest BCUT2D eigenvalue weighted by atomic mass is 9.88. The molecule has 0 aliphatic rings. The predicted octanol–water partition coefficient (Wildman–Crippen LogP) is 11.9. The highest BCUT2D eigenvalue weighted by molar-refractivity contribution is 6.20. The van der Waals surface area contributed by atoms with Crippen molar-refractivity contribution in [3.8, 4) is 56.6 Å². The van der Waals surface area contributed by atoms with Crippen molar-refractivity contribution in [3.63, 3.8) is 0 Å². The predicted molar refractivity (Wildman–Crippen MR) is 192 cm³/mol. The summed E-state index contributed by atoms with van der Waals surface area (Å²) in [7, 11) is 0. The highest BCUT2D eigenvalue weighted by atomic mass is 16.3. The molecule has 0 unspecified atom stereocenters. The summed E-state index contributed by atoms with van der Waals surface area (Å²) < 4.78 is 13.0. The Morgan fingerprint density at radius 2 is 0.979 bits per heavy atom. The number of fused-ring (bicyclic) bond motifs is 6. The van der Waals surface area contributed by atoms with Crippen molar-refractivity contribution in [1.29, 1.82) is 10.5 Å². The molecule has 0 radical (unpaired) electrons. The molecule has 0 fully saturated rings. The third-order valence-corrected chi connectivity index (χ3v) is 9.17. The van der Waals surface area contributed by atoms with Gasteiger partial charge in [0.15, 0.2) is 0 Å². The van der Waals surface area contributed by atoms with Crippen molar-refractivity contribution in [2.24, 2.45) is 0 Å². The van der Waals surface area contributed by atoms with E-state index in [-0.39, 0.29) is 0 Å². The zero-order valence-corrected chi connectivity index (χ0v) is 25.6. The lowest BCUT2D eigenvalue weighted by molar-refractivity contribution is 0.668. The highest BCUT2D eigenvalue weighted by Crippen LogP contribution is 2.45. The summed E-state index contributed by atoms with van der Waals surface area (Å²) in [6.45, 7) is 0. The molecule has 4 heteroatoms. The Hall–Kier alpha value is -6.88. The van der Waals surface area contributed by atoms with Crippen LogP contribution in [-0.4, -0.2) is 0 Å². The van der Waals surface area contributed by atoms with Crippen molar-refractivity contribution in [3.05, 3.63) is 157 Å². The van der Waals surface area contributed by atoms with Gasteiger partial charge in [-0.15, -0.1) is 0 Å². The average molecular weight is 613 g/mol. The third kappa shape index (κ3) is 4.22. The lowest BCUT2D eigenvalue weighted by Gasteiger charge is -2.14. The van der Waals surface area contributed by atoms with Crippen LogP contribution in [0.1, 0.15) is 11.1 Å². The maximum absolute atomic E-state index is 10.5. The molecular formula is C44H24N2O2. The molecule has 0 saturated carbocycles. The van der Waals surface area contributed by atoms with E-state index in [4.69, 9.17) is 8.83 Å². The molecule has 48 heavy (non-hydrogen) atoms. The SMILES string of the molecule is N#Cc1ccc2oc3cccc(-c4cccc5oc6c(-c7cc(-c8ccccc8)c(C#N)c(-c8ccccc8)c7)cccc6c45)c3c2c1. The maximum atomic E-state index is 10.5. The van der Waals surface area contributed by atoms with Gasteiger partial charge in [0.2, 0.25) is 0 Å². The molecule has 2 aromatic heterocycles. The minimum Gasteiger partial charge on any atom is -0.456 e.